The van der Waals surface area contributed by atoms with E-state index in [4.69, 9.17) is 0 Å². The first kappa shape index (κ1) is 26.0. The molecule has 2 aliphatic heterocycles. The van der Waals surface area contributed by atoms with Crippen LogP contribution in [-0.2, 0) is 24.5 Å². The predicted octanol–water partition coefficient (Wildman–Crippen LogP) is 1.98. The number of aryl methyl sites for hydroxylation is 4. The van der Waals surface area contributed by atoms with Gasteiger partial charge in [0, 0.05) is 36.8 Å². The van der Waals surface area contributed by atoms with Crippen LogP contribution in [0.15, 0.2) is 27.9 Å². The van der Waals surface area contributed by atoms with Gasteiger partial charge >= 0.3 is 5.69 Å². The molecule has 1 aromatic heterocycles. The van der Waals surface area contributed by atoms with E-state index in [2.05, 4.69) is 25.3 Å². The number of nitrogens with zero attached hydrogens (tertiary/aromatic N) is 4. The van der Waals surface area contributed by atoms with Gasteiger partial charge in [0.1, 0.15) is 5.75 Å². The quantitative estimate of drug-likeness (QED) is 0.198. The van der Waals surface area contributed by atoms with Crippen molar-refractivity contribution in [1.82, 2.24) is 29.8 Å². The van der Waals surface area contributed by atoms with Gasteiger partial charge in [0.25, 0.3) is 5.56 Å². The van der Waals surface area contributed by atoms with Crippen molar-refractivity contribution in [1.29, 1.82) is 0 Å². The first-order chi connectivity index (χ1) is 17.7. The van der Waals surface area contributed by atoms with Gasteiger partial charge in [0.2, 0.25) is 5.91 Å². The zero-order valence-corrected chi connectivity index (χ0v) is 21.1. The number of carbonyl (C=O) groups excluding carboxylic acids is 1. The molecule has 0 spiro atoms. The van der Waals surface area contributed by atoms with Crippen molar-refractivity contribution in [2.24, 2.45) is 0 Å². The molecule has 4 rings (SSSR count). The van der Waals surface area contributed by atoms with E-state index in [0.29, 0.717) is 48.1 Å². The van der Waals surface area contributed by atoms with E-state index in [1.165, 1.54) is 6.20 Å². The highest BCUT2D eigenvalue weighted by atomic mass is 16.3. The molecular weight excluding hydrogens is 476 g/mol. The summed E-state index contributed by atoms with van der Waals surface area (Å²) in [6.45, 7) is 5.94. The second-order valence-electron chi connectivity index (χ2n) is 9.17. The number of amides is 1. The maximum Gasteiger partial charge on any atom is 0.349 e. The molecule has 0 bridgehead atoms. The smallest absolute Gasteiger partial charge is 0.349 e. The van der Waals surface area contributed by atoms with Gasteiger partial charge < -0.3 is 20.1 Å². The number of aliphatic hydroxyl groups is 1. The van der Waals surface area contributed by atoms with Gasteiger partial charge in [-0.3, -0.25) is 19.6 Å². The number of aromatic nitrogens is 5. The molecule has 37 heavy (non-hydrogen) atoms. The summed E-state index contributed by atoms with van der Waals surface area (Å²) < 4.78 is 1.85. The molecule has 11 nitrogen and oxygen atoms in total. The summed E-state index contributed by atoms with van der Waals surface area (Å²) in [6, 6.07) is 3.90. The molecule has 0 radical (unpaired) electrons. The van der Waals surface area contributed by atoms with E-state index >= 15 is 0 Å². The number of pyridine rings is 1. The van der Waals surface area contributed by atoms with Crippen LogP contribution < -0.4 is 16.6 Å². The lowest BCUT2D eigenvalue weighted by atomic mass is 10.1. The lowest BCUT2D eigenvalue weighted by Gasteiger charge is -2.17. The zero-order valence-electron chi connectivity index (χ0n) is 21.1. The summed E-state index contributed by atoms with van der Waals surface area (Å²) in [6.07, 6.45) is 3.83. The molecule has 194 valence electrons. The Hall–Kier alpha value is -4.12. The largest absolute Gasteiger partial charge is 0.506 e. The molecule has 0 saturated carbocycles. The molecule has 1 aromatic carbocycles. The number of benzene rings is 1. The standard InChI is InChI=1S/C26H30N6O5/c1-14-9-19-20(10-15(14)2)32(24-22(29-19)25(36)31-26(37)30-24)8-6-4-5-7-21(34)28-12-18-17(13-33)11-27-16(3)23(18)35/h9-11,33,35H,4-8,12-13H2,1-3H3,(H,28,34)(H,31,36,37). The molecule has 4 N–H and O–H groups in total. The SMILES string of the molecule is Cc1cc2nc3c(=O)[nH]c(=O)nc-3n(CCCCCC(=O)NCc3c(CO)cnc(C)c3O)c2cc1C. The van der Waals surface area contributed by atoms with E-state index in [9.17, 15) is 24.6 Å². The van der Waals surface area contributed by atoms with Crippen LogP contribution in [0.2, 0.25) is 0 Å². The second kappa shape index (κ2) is 10.9. The third-order valence-electron chi connectivity index (χ3n) is 6.57. The first-order valence-corrected chi connectivity index (χ1v) is 12.1. The lowest BCUT2D eigenvalue weighted by molar-refractivity contribution is -0.121. The number of hydrogen-bond acceptors (Lipinski definition) is 8. The number of fused-ring (bicyclic) bond motifs is 2. The Morgan fingerprint density at radius 2 is 1.84 bits per heavy atom. The molecule has 11 heteroatoms. The van der Waals surface area contributed by atoms with Crippen LogP contribution in [0.3, 0.4) is 0 Å². The summed E-state index contributed by atoms with van der Waals surface area (Å²) in [7, 11) is 0. The molecule has 0 unspecified atom stereocenters. The van der Waals surface area contributed by atoms with Gasteiger partial charge in [0.05, 0.1) is 23.3 Å². The normalized spacial score (nSPS) is 11.4. The molecule has 0 fully saturated rings. The van der Waals surface area contributed by atoms with Crippen molar-refractivity contribution in [3.63, 3.8) is 0 Å². The maximum atomic E-state index is 12.4. The predicted molar refractivity (Wildman–Crippen MR) is 137 cm³/mol. The van der Waals surface area contributed by atoms with Crippen molar-refractivity contribution in [3.05, 3.63) is 67.1 Å². The van der Waals surface area contributed by atoms with Crippen molar-refractivity contribution < 1.29 is 15.0 Å². The molecule has 1 amide bonds. The highest BCUT2D eigenvalue weighted by Crippen LogP contribution is 2.25. The number of nitrogens with one attached hydrogen (secondary N) is 2. The van der Waals surface area contributed by atoms with Crippen molar-refractivity contribution in [2.75, 3.05) is 0 Å². The summed E-state index contributed by atoms with van der Waals surface area (Å²) in [5.74, 6) is 0.0506. The fourth-order valence-corrected chi connectivity index (χ4v) is 4.30. The number of H-pyrrole nitrogens is 1. The van der Waals surface area contributed by atoms with Crippen LogP contribution >= 0.6 is 0 Å². The molecule has 0 aliphatic carbocycles. The van der Waals surface area contributed by atoms with Crippen molar-refractivity contribution >= 4 is 16.9 Å². The highest BCUT2D eigenvalue weighted by molar-refractivity contribution is 5.81. The van der Waals surface area contributed by atoms with Gasteiger partial charge in [-0.05, 0) is 56.9 Å². The van der Waals surface area contributed by atoms with Crippen LogP contribution in [0.4, 0.5) is 0 Å². The van der Waals surface area contributed by atoms with Gasteiger partial charge in [-0.2, -0.15) is 4.98 Å². The fourth-order valence-electron chi connectivity index (χ4n) is 4.30. The van der Waals surface area contributed by atoms with Crippen LogP contribution in [0.5, 0.6) is 5.75 Å². The number of hydrogen-bond donors (Lipinski definition) is 4. The minimum atomic E-state index is -0.715. The maximum absolute atomic E-state index is 12.4. The van der Waals surface area contributed by atoms with E-state index in [-0.39, 0.29) is 36.3 Å². The van der Waals surface area contributed by atoms with Crippen molar-refractivity contribution in [3.8, 4) is 17.3 Å². The number of aromatic amines is 1. The summed E-state index contributed by atoms with van der Waals surface area (Å²) >= 11 is 0. The van der Waals surface area contributed by atoms with Crippen LogP contribution in [0.25, 0.3) is 22.6 Å². The zero-order chi connectivity index (χ0) is 26.7. The Bertz CT molecular complexity index is 1560. The second-order valence-corrected chi connectivity index (χ2v) is 9.17. The minimum Gasteiger partial charge on any atom is -0.506 e. The third-order valence-corrected chi connectivity index (χ3v) is 6.57. The fraction of sp³-hybridized carbons (Fsp3) is 0.385. The van der Waals surface area contributed by atoms with E-state index in [1.54, 1.807) is 6.92 Å². The van der Waals surface area contributed by atoms with E-state index < -0.39 is 11.2 Å². The van der Waals surface area contributed by atoms with Crippen molar-refractivity contribution in [2.45, 2.75) is 66.2 Å². The number of aromatic hydroxyl groups is 1. The number of carbonyl (C=O) groups is 1. The Balaban J connectivity index is 1.41. The first-order valence-electron chi connectivity index (χ1n) is 12.1. The Morgan fingerprint density at radius 1 is 1.08 bits per heavy atom. The number of aliphatic hydroxyl groups excluding tert-OH is 1. The monoisotopic (exact) mass is 506 g/mol. The molecule has 2 aliphatic rings. The average Bonchev–Trinajstić information content (AvgIpc) is 2.85. The minimum absolute atomic E-state index is 0.0280. The molecule has 2 aromatic rings. The van der Waals surface area contributed by atoms with Gasteiger partial charge in [-0.15, -0.1) is 0 Å². The molecule has 3 heterocycles. The van der Waals surface area contributed by atoms with Gasteiger partial charge in [-0.25, -0.2) is 9.78 Å². The average molecular weight is 507 g/mol. The summed E-state index contributed by atoms with van der Waals surface area (Å²) in [4.78, 5) is 51.4. The Morgan fingerprint density at radius 3 is 2.59 bits per heavy atom. The molecular formula is C26H30N6O5. The van der Waals surface area contributed by atoms with E-state index in [0.717, 1.165) is 23.1 Å². The Labute approximate surface area is 212 Å². The van der Waals surface area contributed by atoms with E-state index in [1.807, 2.05) is 30.5 Å². The van der Waals surface area contributed by atoms with Crippen LogP contribution in [0, 0.1) is 20.8 Å². The number of rotatable bonds is 9. The Kier molecular flexibility index (Phi) is 7.63. The number of unbranched alkanes of at least 4 members (excludes halogenated alkanes) is 2. The molecule has 0 atom stereocenters. The van der Waals surface area contributed by atoms with Crippen LogP contribution in [-0.4, -0.2) is 40.6 Å². The summed E-state index contributed by atoms with van der Waals surface area (Å²) in [5, 5.41) is 22.5. The summed E-state index contributed by atoms with van der Waals surface area (Å²) in [5.41, 5.74) is 3.74. The lowest BCUT2D eigenvalue weighted by Crippen LogP contribution is -2.29. The van der Waals surface area contributed by atoms with Gasteiger partial charge in [-0.1, -0.05) is 6.42 Å². The molecule has 0 saturated heterocycles. The highest BCUT2D eigenvalue weighted by Gasteiger charge is 2.19. The van der Waals surface area contributed by atoms with Gasteiger partial charge in [0.15, 0.2) is 11.5 Å². The van der Waals surface area contributed by atoms with Crippen LogP contribution in [0.1, 0.15) is 53.6 Å². The third kappa shape index (κ3) is 5.51. The topological polar surface area (TPSA) is 163 Å².